The molecule has 0 unspecified atom stereocenters. The Hall–Kier alpha value is -2.84. The molecule has 0 atom stereocenters. The molecule has 0 radical (unpaired) electrons. The molecular weight excluding hydrogens is 332 g/mol. The van der Waals surface area contributed by atoms with E-state index in [0.717, 1.165) is 23.5 Å². The number of benzene rings is 1. The van der Waals surface area contributed by atoms with Crippen molar-refractivity contribution in [2.75, 3.05) is 0 Å². The molecule has 0 spiro atoms. The SMILES string of the molecule is Cc1cc(C(=O)OCc2cccc(C#N)c2)c(C)n1Cc1cccs1. The Balaban J connectivity index is 1.73. The summed E-state index contributed by atoms with van der Waals surface area (Å²) < 4.78 is 7.56. The van der Waals surface area contributed by atoms with E-state index >= 15 is 0 Å². The maximum Gasteiger partial charge on any atom is 0.340 e. The van der Waals surface area contributed by atoms with Crippen molar-refractivity contribution < 1.29 is 9.53 Å². The highest BCUT2D eigenvalue weighted by Crippen LogP contribution is 2.20. The average molecular weight is 350 g/mol. The number of thiophene rings is 1. The molecule has 0 fully saturated rings. The number of esters is 1. The van der Waals surface area contributed by atoms with E-state index in [-0.39, 0.29) is 12.6 Å². The van der Waals surface area contributed by atoms with Gasteiger partial charge in [0.25, 0.3) is 0 Å². The molecule has 0 N–H and O–H groups in total. The van der Waals surface area contributed by atoms with Crippen LogP contribution in [0.2, 0.25) is 0 Å². The van der Waals surface area contributed by atoms with Gasteiger partial charge in [-0.15, -0.1) is 11.3 Å². The number of aryl methyl sites for hydroxylation is 1. The van der Waals surface area contributed by atoms with E-state index in [1.165, 1.54) is 4.88 Å². The van der Waals surface area contributed by atoms with Crippen molar-refractivity contribution in [3.05, 3.63) is 80.8 Å². The predicted molar refractivity (Wildman–Crippen MR) is 97.6 cm³/mol. The first kappa shape index (κ1) is 17.0. The van der Waals surface area contributed by atoms with Crippen LogP contribution in [0.3, 0.4) is 0 Å². The van der Waals surface area contributed by atoms with Gasteiger partial charge in [-0.2, -0.15) is 5.26 Å². The standard InChI is InChI=1S/C20H18N2O2S/c1-14-9-19(15(2)22(14)12-18-7-4-8-25-18)20(23)24-13-17-6-3-5-16(10-17)11-21/h3-10H,12-13H2,1-2H3. The van der Waals surface area contributed by atoms with Gasteiger partial charge in [-0.1, -0.05) is 18.2 Å². The minimum atomic E-state index is -0.340. The molecule has 3 aromatic rings. The second kappa shape index (κ2) is 7.37. The van der Waals surface area contributed by atoms with Crippen molar-refractivity contribution in [3.8, 4) is 6.07 Å². The Morgan fingerprint density at radius 3 is 2.80 bits per heavy atom. The minimum Gasteiger partial charge on any atom is -0.457 e. The molecule has 0 amide bonds. The topological polar surface area (TPSA) is 55.0 Å². The monoisotopic (exact) mass is 350 g/mol. The fourth-order valence-electron chi connectivity index (χ4n) is 2.77. The number of nitrogens with zero attached hydrogens (tertiary/aromatic N) is 2. The van der Waals surface area contributed by atoms with E-state index in [0.29, 0.717) is 11.1 Å². The molecule has 0 aliphatic rings. The van der Waals surface area contributed by atoms with E-state index in [1.54, 1.807) is 29.5 Å². The van der Waals surface area contributed by atoms with E-state index in [9.17, 15) is 4.79 Å². The van der Waals surface area contributed by atoms with Crippen LogP contribution in [-0.2, 0) is 17.9 Å². The Kier molecular flexibility index (Phi) is 5.01. The third-order valence-electron chi connectivity index (χ3n) is 4.11. The maximum atomic E-state index is 12.5. The van der Waals surface area contributed by atoms with Crippen LogP contribution in [0, 0.1) is 25.2 Å². The molecule has 0 aliphatic heterocycles. The molecule has 1 aromatic carbocycles. The Morgan fingerprint density at radius 2 is 2.08 bits per heavy atom. The summed E-state index contributed by atoms with van der Waals surface area (Å²) in [5.41, 5.74) is 3.89. The van der Waals surface area contributed by atoms with Gasteiger partial charge >= 0.3 is 5.97 Å². The Labute approximate surface area is 150 Å². The first-order chi connectivity index (χ1) is 12.1. The summed E-state index contributed by atoms with van der Waals surface area (Å²) >= 11 is 1.70. The van der Waals surface area contributed by atoms with Crippen LogP contribution in [0.4, 0.5) is 0 Å². The number of aromatic nitrogens is 1. The van der Waals surface area contributed by atoms with Gasteiger partial charge in [-0.25, -0.2) is 4.79 Å². The lowest BCUT2D eigenvalue weighted by atomic mass is 10.1. The average Bonchev–Trinajstić information content (AvgIpc) is 3.23. The van der Waals surface area contributed by atoms with E-state index < -0.39 is 0 Å². The van der Waals surface area contributed by atoms with Gasteiger partial charge in [0.2, 0.25) is 0 Å². The molecule has 0 saturated carbocycles. The zero-order valence-electron chi connectivity index (χ0n) is 14.2. The number of ether oxygens (including phenoxy) is 1. The molecule has 25 heavy (non-hydrogen) atoms. The van der Waals surface area contributed by atoms with Crippen molar-refractivity contribution in [2.45, 2.75) is 27.0 Å². The van der Waals surface area contributed by atoms with Gasteiger partial charge in [0.1, 0.15) is 6.61 Å². The highest BCUT2D eigenvalue weighted by molar-refractivity contribution is 7.09. The van der Waals surface area contributed by atoms with Crippen LogP contribution in [0.25, 0.3) is 0 Å². The van der Waals surface area contributed by atoms with E-state index in [1.807, 2.05) is 37.4 Å². The van der Waals surface area contributed by atoms with E-state index in [4.69, 9.17) is 10.00 Å². The third kappa shape index (κ3) is 3.81. The number of nitriles is 1. The molecule has 0 bridgehead atoms. The van der Waals surface area contributed by atoms with Crippen molar-refractivity contribution in [1.29, 1.82) is 5.26 Å². The van der Waals surface area contributed by atoms with E-state index in [2.05, 4.69) is 16.7 Å². The number of hydrogen-bond acceptors (Lipinski definition) is 4. The lowest BCUT2D eigenvalue weighted by Crippen LogP contribution is -2.08. The zero-order valence-corrected chi connectivity index (χ0v) is 15.0. The second-order valence-corrected chi connectivity index (χ2v) is 6.87. The zero-order chi connectivity index (χ0) is 17.8. The van der Waals surface area contributed by atoms with Gasteiger partial charge in [0, 0.05) is 16.3 Å². The largest absolute Gasteiger partial charge is 0.457 e. The molecule has 0 saturated heterocycles. The first-order valence-corrected chi connectivity index (χ1v) is 8.81. The summed E-state index contributed by atoms with van der Waals surface area (Å²) in [5.74, 6) is -0.340. The van der Waals surface area contributed by atoms with Crippen LogP contribution >= 0.6 is 11.3 Å². The summed E-state index contributed by atoms with van der Waals surface area (Å²) in [7, 11) is 0. The van der Waals surface area contributed by atoms with Crippen molar-refractivity contribution in [1.82, 2.24) is 4.57 Å². The second-order valence-electron chi connectivity index (χ2n) is 5.84. The van der Waals surface area contributed by atoms with Crippen molar-refractivity contribution in [3.63, 3.8) is 0 Å². The van der Waals surface area contributed by atoms with Crippen LogP contribution in [-0.4, -0.2) is 10.5 Å². The Bertz CT molecular complexity index is 933. The van der Waals surface area contributed by atoms with Gasteiger partial charge in [-0.3, -0.25) is 0 Å². The van der Waals surface area contributed by atoms with Crippen molar-refractivity contribution in [2.24, 2.45) is 0 Å². The lowest BCUT2D eigenvalue weighted by molar-refractivity contribution is 0.0471. The van der Waals surface area contributed by atoms with Gasteiger partial charge in [0.15, 0.2) is 0 Å². The lowest BCUT2D eigenvalue weighted by Gasteiger charge is -2.09. The van der Waals surface area contributed by atoms with Gasteiger partial charge in [0.05, 0.1) is 23.7 Å². The molecule has 2 heterocycles. The normalized spacial score (nSPS) is 10.4. The summed E-state index contributed by atoms with van der Waals surface area (Å²) in [6, 6.07) is 15.2. The molecule has 126 valence electrons. The first-order valence-electron chi connectivity index (χ1n) is 7.93. The maximum absolute atomic E-state index is 12.5. The highest BCUT2D eigenvalue weighted by Gasteiger charge is 2.17. The smallest absolute Gasteiger partial charge is 0.340 e. The number of carbonyl (C=O) groups excluding carboxylic acids is 1. The van der Waals surface area contributed by atoms with Crippen LogP contribution in [0.1, 0.15) is 37.7 Å². The Morgan fingerprint density at radius 1 is 1.24 bits per heavy atom. The fraction of sp³-hybridized carbons (Fsp3) is 0.200. The number of rotatable bonds is 5. The third-order valence-corrected chi connectivity index (χ3v) is 4.97. The summed E-state index contributed by atoms with van der Waals surface area (Å²) in [6.07, 6.45) is 0. The van der Waals surface area contributed by atoms with Crippen LogP contribution < -0.4 is 0 Å². The number of carbonyl (C=O) groups is 1. The quantitative estimate of drug-likeness (QED) is 0.639. The molecular formula is C20H18N2O2S. The molecule has 0 aliphatic carbocycles. The molecule has 2 aromatic heterocycles. The minimum absolute atomic E-state index is 0.156. The molecule has 5 heteroatoms. The fourth-order valence-corrected chi connectivity index (χ4v) is 3.46. The summed E-state index contributed by atoms with van der Waals surface area (Å²) in [4.78, 5) is 13.7. The van der Waals surface area contributed by atoms with Gasteiger partial charge < -0.3 is 9.30 Å². The van der Waals surface area contributed by atoms with Crippen LogP contribution in [0.15, 0.2) is 47.8 Å². The van der Waals surface area contributed by atoms with Gasteiger partial charge in [-0.05, 0) is 49.1 Å². The van der Waals surface area contributed by atoms with Crippen LogP contribution in [0.5, 0.6) is 0 Å². The summed E-state index contributed by atoms with van der Waals surface area (Å²) in [6.45, 7) is 4.84. The molecule has 3 rings (SSSR count). The van der Waals surface area contributed by atoms with Crippen molar-refractivity contribution >= 4 is 17.3 Å². The summed E-state index contributed by atoms with van der Waals surface area (Å²) in [5, 5.41) is 11.0. The number of hydrogen-bond donors (Lipinski definition) is 0. The predicted octanol–water partition coefficient (Wildman–Crippen LogP) is 4.44. The molecule has 4 nitrogen and oxygen atoms in total. The highest BCUT2D eigenvalue weighted by atomic mass is 32.1.